The van der Waals surface area contributed by atoms with Gasteiger partial charge in [-0.15, -0.1) is 0 Å². The highest BCUT2D eigenvalue weighted by Gasteiger charge is 2.38. The van der Waals surface area contributed by atoms with Crippen LogP contribution < -0.4 is 0 Å². The van der Waals surface area contributed by atoms with Gasteiger partial charge in [0.15, 0.2) is 0 Å². The average molecular weight is 283 g/mol. The van der Waals surface area contributed by atoms with Gasteiger partial charge < -0.3 is 5.11 Å². The monoisotopic (exact) mass is 282 g/mol. The third-order valence-corrected chi connectivity index (χ3v) is 2.49. The summed E-state index contributed by atoms with van der Waals surface area (Å²) in [5.41, 5.74) is -0.0557. The summed E-state index contributed by atoms with van der Waals surface area (Å²) in [7, 11) is 0. The number of rotatable bonds is 2. The molecule has 0 saturated heterocycles. The van der Waals surface area contributed by atoms with Crippen LogP contribution in [0.15, 0.2) is 22.7 Å². The van der Waals surface area contributed by atoms with Crippen LogP contribution in [-0.4, -0.2) is 17.1 Å². The average Bonchev–Trinajstić information content (AvgIpc) is 2.09. The van der Waals surface area contributed by atoms with E-state index in [1.807, 2.05) is 0 Å². The van der Waals surface area contributed by atoms with Crippen LogP contribution in [0.2, 0.25) is 0 Å². The number of hydrogen-bond donors (Lipinski definition) is 1. The van der Waals surface area contributed by atoms with E-state index in [4.69, 9.17) is 0 Å². The van der Waals surface area contributed by atoms with Crippen LogP contribution in [0.25, 0.3) is 0 Å². The van der Waals surface area contributed by atoms with E-state index in [2.05, 4.69) is 15.9 Å². The van der Waals surface area contributed by atoms with Crippen LogP contribution in [0.3, 0.4) is 0 Å². The largest absolute Gasteiger partial charge is 0.508 e. The van der Waals surface area contributed by atoms with Crippen molar-refractivity contribution < 1.29 is 23.1 Å². The van der Waals surface area contributed by atoms with Gasteiger partial charge in [0.05, 0.1) is 0 Å². The summed E-state index contributed by atoms with van der Waals surface area (Å²) < 4.78 is 36.1. The zero-order chi connectivity index (χ0) is 11.6. The minimum atomic E-state index is -4.87. The van der Waals surface area contributed by atoms with Gasteiger partial charge in [-0.1, -0.05) is 22.0 Å². The molecule has 1 aromatic carbocycles. The van der Waals surface area contributed by atoms with Crippen molar-refractivity contribution in [3.63, 3.8) is 0 Å². The number of carbonyl (C=O) groups excluding carboxylic acids is 1. The highest BCUT2D eigenvalue weighted by molar-refractivity contribution is 9.10. The van der Waals surface area contributed by atoms with E-state index in [1.54, 1.807) is 0 Å². The van der Waals surface area contributed by atoms with Crippen molar-refractivity contribution in [2.75, 3.05) is 0 Å². The molecule has 0 spiro atoms. The van der Waals surface area contributed by atoms with E-state index in [1.165, 1.54) is 18.2 Å². The first-order valence-corrected chi connectivity index (χ1v) is 4.68. The summed E-state index contributed by atoms with van der Waals surface area (Å²) in [6.45, 7) is 0. The van der Waals surface area contributed by atoms with Crippen molar-refractivity contribution in [2.24, 2.45) is 0 Å². The lowest BCUT2D eigenvalue weighted by molar-refractivity contribution is -0.170. The fourth-order valence-electron chi connectivity index (χ4n) is 0.983. The molecule has 0 fully saturated rings. The number of ketones is 1. The van der Waals surface area contributed by atoms with Crippen molar-refractivity contribution >= 4 is 21.7 Å². The molecule has 2 nitrogen and oxygen atoms in total. The minimum Gasteiger partial charge on any atom is -0.508 e. The zero-order valence-electron chi connectivity index (χ0n) is 7.31. The summed E-state index contributed by atoms with van der Waals surface area (Å²) in [5, 5.41) is 9.26. The van der Waals surface area contributed by atoms with Crippen molar-refractivity contribution in [1.29, 1.82) is 0 Å². The fourth-order valence-corrected chi connectivity index (χ4v) is 1.48. The Kier molecular flexibility index (Phi) is 3.38. The lowest BCUT2D eigenvalue weighted by atomic mass is 10.1. The van der Waals surface area contributed by atoms with Gasteiger partial charge in [-0.3, -0.25) is 4.79 Å². The quantitative estimate of drug-likeness (QED) is 0.906. The van der Waals surface area contributed by atoms with Crippen molar-refractivity contribution in [3.8, 4) is 5.75 Å². The van der Waals surface area contributed by atoms with E-state index in [0.29, 0.717) is 0 Å². The van der Waals surface area contributed by atoms with Crippen LogP contribution in [0.5, 0.6) is 5.75 Å². The Morgan fingerprint density at radius 2 is 2.00 bits per heavy atom. The van der Waals surface area contributed by atoms with Crippen LogP contribution in [-0.2, 0) is 11.2 Å². The number of Topliss-reactive ketones (excluding diaryl/α,β-unsaturated/α-hetero) is 1. The molecular weight excluding hydrogens is 277 g/mol. The molecule has 1 aromatic rings. The highest BCUT2D eigenvalue weighted by Crippen LogP contribution is 2.28. The molecule has 6 heteroatoms. The molecule has 1 N–H and O–H groups in total. The first-order valence-electron chi connectivity index (χ1n) is 3.88. The SMILES string of the molecule is O=C(Cc1c(O)cccc1Br)C(F)(F)F. The van der Waals surface area contributed by atoms with Gasteiger partial charge in [0, 0.05) is 16.5 Å². The van der Waals surface area contributed by atoms with E-state index in [9.17, 15) is 23.1 Å². The lowest BCUT2D eigenvalue weighted by Gasteiger charge is -2.08. The first-order chi connectivity index (χ1) is 6.82. The van der Waals surface area contributed by atoms with E-state index in [0.717, 1.165) is 0 Å². The smallest absolute Gasteiger partial charge is 0.450 e. The molecule has 0 heterocycles. The summed E-state index contributed by atoms with van der Waals surface area (Å²) in [6, 6.07) is 4.14. The summed E-state index contributed by atoms with van der Waals surface area (Å²) in [5.74, 6) is -2.22. The van der Waals surface area contributed by atoms with Gasteiger partial charge in [-0.25, -0.2) is 0 Å². The molecule has 1 rings (SSSR count). The summed E-state index contributed by atoms with van der Waals surface area (Å²) >= 11 is 2.96. The normalized spacial score (nSPS) is 11.5. The minimum absolute atomic E-state index is 0.0557. The Morgan fingerprint density at radius 3 is 2.47 bits per heavy atom. The second kappa shape index (κ2) is 4.22. The molecule has 0 atom stereocenters. The molecule has 0 aliphatic heterocycles. The number of halogens is 4. The molecule has 0 bridgehead atoms. The molecule has 15 heavy (non-hydrogen) atoms. The lowest BCUT2D eigenvalue weighted by Crippen LogP contribution is -2.24. The zero-order valence-corrected chi connectivity index (χ0v) is 8.89. The fraction of sp³-hybridized carbons (Fsp3) is 0.222. The van der Waals surface area contributed by atoms with Crippen molar-refractivity contribution in [1.82, 2.24) is 0 Å². The Morgan fingerprint density at radius 1 is 1.40 bits per heavy atom. The molecule has 82 valence electrons. The van der Waals surface area contributed by atoms with Crippen molar-refractivity contribution in [3.05, 3.63) is 28.2 Å². The highest BCUT2D eigenvalue weighted by atomic mass is 79.9. The van der Waals surface area contributed by atoms with Gasteiger partial charge in [0.25, 0.3) is 0 Å². The van der Waals surface area contributed by atoms with Gasteiger partial charge in [-0.05, 0) is 12.1 Å². The number of aromatic hydroxyl groups is 1. The van der Waals surface area contributed by atoms with Gasteiger partial charge in [0.1, 0.15) is 5.75 Å². The Hall–Kier alpha value is -1.04. The van der Waals surface area contributed by atoms with Crippen LogP contribution >= 0.6 is 15.9 Å². The molecule has 0 saturated carbocycles. The third-order valence-electron chi connectivity index (χ3n) is 1.75. The standard InChI is InChI=1S/C9H6BrF3O2/c10-6-2-1-3-7(14)5(6)4-8(15)9(11,12)13/h1-3,14H,4H2. The Balaban J connectivity index is 2.95. The van der Waals surface area contributed by atoms with Crippen LogP contribution in [0, 0.1) is 0 Å². The van der Waals surface area contributed by atoms with Crippen LogP contribution in [0.1, 0.15) is 5.56 Å². The first kappa shape index (κ1) is 12.0. The second-order valence-electron chi connectivity index (χ2n) is 2.84. The maximum atomic E-state index is 12.0. The van der Waals surface area contributed by atoms with Crippen molar-refractivity contribution in [2.45, 2.75) is 12.6 Å². The molecule has 0 amide bonds. The second-order valence-corrected chi connectivity index (χ2v) is 3.69. The summed E-state index contributed by atoms with van der Waals surface area (Å²) in [6.07, 6.45) is -5.74. The Labute approximate surface area is 91.8 Å². The number of phenols is 1. The van der Waals surface area contributed by atoms with Crippen LogP contribution in [0.4, 0.5) is 13.2 Å². The van der Waals surface area contributed by atoms with Gasteiger partial charge in [-0.2, -0.15) is 13.2 Å². The third kappa shape index (κ3) is 2.95. The predicted molar refractivity (Wildman–Crippen MR) is 50.6 cm³/mol. The molecule has 0 unspecified atom stereocenters. The van der Waals surface area contributed by atoms with E-state index >= 15 is 0 Å². The van der Waals surface area contributed by atoms with E-state index in [-0.39, 0.29) is 15.8 Å². The number of alkyl halides is 3. The Bertz CT molecular complexity index is 367. The maximum absolute atomic E-state index is 12.0. The number of hydrogen-bond acceptors (Lipinski definition) is 2. The number of phenolic OH excluding ortho intramolecular Hbond substituents is 1. The predicted octanol–water partition coefficient (Wildman–Crippen LogP) is 2.83. The van der Waals surface area contributed by atoms with Gasteiger partial charge in [0.2, 0.25) is 5.78 Å². The summed E-state index contributed by atoms with van der Waals surface area (Å²) in [4.78, 5) is 10.7. The topological polar surface area (TPSA) is 37.3 Å². The number of benzene rings is 1. The molecular formula is C9H6BrF3O2. The number of carbonyl (C=O) groups is 1. The maximum Gasteiger partial charge on any atom is 0.450 e. The molecule has 0 aliphatic carbocycles. The molecule has 0 radical (unpaired) electrons. The van der Waals surface area contributed by atoms with E-state index < -0.39 is 18.4 Å². The molecule has 0 aromatic heterocycles. The van der Waals surface area contributed by atoms with Gasteiger partial charge >= 0.3 is 6.18 Å². The molecule has 0 aliphatic rings.